The van der Waals surface area contributed by atoms with Gasteiger partial charge in [0, 0.05) is 23.9 Å². The van der Waals surface area contributed by atoms with Crippen LogP contribution in [0.15, 0.2) is 29.6 Å². The molecule has 1 amide bonds. The molecule has 0 saturated heterocycles. The van der Waals surface area contributed by atoms with Crippen LogP contribution in [0.3, 0.4) is 0 Å². The molecule has 0 aliphatic carbocycles. The lowest BCUT2D eigenvalue weighted by Crippen LogP contribution is -2.12. The summed E-state index contributed by atoms with van der Waals surface area (Å²) < 4.78 is 4.61. The van der Waals surface area contributed by atoms with E-state index in [4.69, 9.17) is 5.73 Å². The molecule has 0 spiro atoms. The summed E-state index contributed by atoms with van der Waals surface area (Å²) in [6.45, 7) is 0.515. The number of ether oxygens (including phenoxy) is 1. The number of carbonyl (C=O) groups is 2. The number of hydrogen-bond acceptors (Lipinski definition) is 6. The number of nitrogens with one attached hydrogen (secondary N) is 1. The molecule has 0 atom stereocenters. The van der Waals surface area contributed by atoms with E-state index in [0.29, 0.717) is 37.2 Å². The molecule has 0 aliphatic heterocycles. The van der Waals surface area contributed by atoms with Crippen LogP contribution in [0.25, 0.3) is 0 Å². The SMILES string of the molecule is COC(=O)CCc1ccc(NC(=O)c2csc(CCN)n2)cc1.Cl. The Morgan fingerprint density at radius 3 is 2.58 bits per heavy atom. The van der Waals surface area contributed by atoms with E-state index in [9.17, 15) is 9.59 Å². The van der Waals surface area contributed by atoms with Crippen molar-refractivity contribution in [3.8, 4) is 0 Å². The second-order valence-corrected chi connectivity index (χ2v) is 5.83. The quantitative estimate of drug-likeness (QED) is 0.731. The molecule has 2 rings (SSSR count). The maximum atomic E-state index is 12.1. The average molecular weight is 370 g/mol. The lowest BCUT2D eigenvalue weighted by atomic mass is 10.1. The maximum absolute atomic E-state index is 12.1. The van der Waals surface area contributed by atoms with Crippen LogP contribution in [0.1, 0.15) is 27.5 Å². The first-order valence-electron chi connectivity index (χ1n) is 7.24. The Balaban J connectivity index is 0.00000288. The fraction of sp³-hybridized carbons (Fsp3) is 0.312. The number of aromatic nitrogens is 1. The number of hydrogen-bond donors (Lipinski definition) is 2. The van der Waals surface area contributed by atoms with Crippen molar-refractivity contribution in [3.63, 3.8) is 0 Å². The molecule has 0 bridgehead atoms. The van der Waals surface area contributed by atoms with Gasteiger partial charge >= 0.3 is 5.97 Å². The van der Waals surface area contributed by atoms with Crippen molar-refractivity contribution in [1.29, 1.82) is 0 Å². The Labute approximate surface area is 150 Å². The van der Waals surface area contributed by atoms with Gasteiger partial charge in [0.1, 0.15) is 5.69 Å². The van der Waals surface area contributed by atoms with Gasteiger partial charge in [-0.25, -0.2) is 4.98 Å². The number of carbonyl (C=O) groups excluding carboxylic acids is 2. The number of anilines is 1. The molecule has 0 unspecified atom stereocenters. The highest BCUT2D eigenvalue weighted by Gasteiger charge is 2.11. The van der Waals surface area contributed by atoms with Gasteiger partial charge in [-0.2, -0.15) is 0 Å². The van der Waals surface area contributed by atoms with Crippen molar-refractivity contribution in [1.82, 2.24) is 4.98 Å². The van der Waals surface area contributed by atoms with Gasteiger partial charge in [-0.15, -0.1) is 23.7 Å². The molecule has 0 radical (unpaired) electrons. The van der Waals surface area contributed by atoms with E-state index in [2.05, 4.69) is 15.0 Å². The van der Waals surface area contributed by atoms with Gasteiger partial charge in [-0.1, -0.05) is 12.1 Å². The predicted molar refractivity (Wildman–Crippen MR) is 96.9 cm³/mol. The van der Waals surface area contributed by atoms with Crippen LogP contribution >= 0.6 is 23.7 Å². The van der Waals surface area contributed by atoms with Gasteiger partial charge in [0.05, 0.1) is 12.1 Å². The van der Waals surface area contributed by atoms with Gasteiger partial charge in [-0.3, -0.25) is 9.59 Å². The molecule has 0 fully saturated rings. The normalized spacial score (nSPS) is 9.92. The fourth-order valence-electron chi connectivity index (χ4n) is 1.95. The molecule has 24 heavy (non-hydrogen) atoms. The van der Waals surface area contributed by atoms with Crippen LogP contribution in [0, 0.1) is 0 Å². The Morgan fingerprint density at radius 1 is 1.25 bits per heavy atom. The second-order valence-electron chi connectivity index (χ2n) is 4.89. The summed E-state index contributed by atoms with van der Waals surface area (Å²) in [5.74, 6) is -0.481. The smallest absolute Gasteiger partial charge is 0.305 e. The maximum Gasteiger partial charge on any atom is 0.305 e. The van der Waals surface area contributed by atoms with E-state index < -0.39 is 0 Å². The van der Waals surface area contributed by atoms with Crippen molar-refractivity contribution in [2.45, 2.75) is 19.3 Å². The number of nitrogens with zero attached hydrogens (tertiary/aromatic N) is 1. The van der Waals surface area contributed by atoms with Gasteiger partial charge in [0.15, 0.2) is 0 Å². The van der Waals surface area contributed by atoms with Crippen LogP contribution in [0.2, 0.25) is 0 Å². The second kappa shape index (κ2) is 10.0. The number of methoxy groups -OCH3 is 1. The van der Waals surface area contributed by atoms with Gasteiger partial charge < -0.3 is 15.8 Å². The summed E-state index contributed by atoms with van der Waals surface area (Å²) in [6.07, 6.45) is 1.62. The first-order chi connectivity index (χ1) is 11.1. The molecular formula is C16H20ClN3O3S. The van der Waals surface area contributed by atoms with Crippen LogP contribution in [-0.4, -0.2) is 30.5 Å². The molecule has 1 aromatic carbocycles. The van der Waals surface area contributed by atoms with Crippen LogP contribution in [0.5, 0.6) is 0 Å². The number of benzene rings is 1. The van der Waals surface area contributed by atoms with Crippen LogP contribution in [-0.2, 0) is 22.4 Å². The largest absolute Gasteiger partial charge is 0.469 e. The molecule has 1 heterocycles. The zero-order valence-electron chi connectivity index (χ0n) is 13.3. The van der Waals surface area contributed by atoms with Gasteiger partial charge in [0.2, 0.25) is 0 Å². The molecular weight excluding hydrogens is 350 g/mol. The first-order valence-corrected chi connectivity index (χ1v) is 8.12. The van der Waals surface area contributed by atoms with Crippen molar-refractivity contribution in [2.24, 2.45) is 5.73 Å². The zero-order chi connectivity index (χ0) is 16.7. The molecule has 0 saturated carbocycles. The van der Waals surface area contributed by atoms with Crippen molar-refractivity contribution >= 4 is 41.3 Å². The fourth-order valence-corrected chi connectivity index (χ4v) is 2.75. The number of esters is 1. The highest BCUT2D eigenvalue weighted by Crippen LogP contribution is 2.15. The van der Waals surface area contributed by atoms with E-state index in [1.54, 1.807) is 17.5 Å². The summed E-state index contributed by atoms with van der Waals surface area (Å²) in [7, 11) is 1.37. The molecule has 0 aliphatic rings. The van der Waals surface area contributed by atoms with Crippen molar-refractivity contribution < 1.29 is 14.3 Å². The Hall–Kier alpha value is -1.96. The highest BCUT2D eigenvalue weighted by molar-refractivity contribution is 7.09. The van der Waals surface area contributed by atoms with E-state index in [1.165, 1.54) is 18.4 Å². The summed E-state index contributed by atoms with van der Waals surface area (Å²) >= 11 is 1.43. The third kappa shape index (κ3) is 5.92. The van der Waals surface area contributed by atoms with Gasteiger partial charge in [0.25, 0.3) is 5.91 Å². The van der Waals surface area contributed by atoms with E-state index in [1.807, 2.05) is 12.1 Å². The lowest BCUT2D eigenvalue weighted by molar-refractivity contribution is -0.140. The topological polar surface area (TPSA) is 94.3 Å². The predicted octanol–water partition coefficient (Wildman–Crippen LogP) is 2.42. The number of aryl methyl sites for hydroxylation is 1. The standard InChI is InChI=1S/C16H19N3O3S.ClH/c1-22-15(20)7-4-11-2-5-12(6-3-11)18-16(21)13-10-23-14(19-13)8-9-17;/h2-3,5-6,10H,4,7-9,17H2,1H3,(H,18,21);1H. The summed E-state index contributed by atoms with van der Waals surface area (Å²) in [6, 6.07) is 7.36. The molecule has 3 N–H and O–H groups in total. The van der Waals surface area contributed by atoms with Gasteiger partial charge in [-0.05, 0) is 30.7 Å². The monoisotopic (exact) mass is 369 g/mol. The number of nitrogens with two attached hydrogens (primary N) is 1. The summed E-state index contributed by atoms with van der Waals surface area (Å²) in [5, 5.41) is 5.38. The van der Waals surface area contributed by atoms with E-state index in [0.717, 1.165) is 10.6 Å². The highest BCUT2D eigenvalue weighted by atomic mass is 35.5. The average Bonchev–Trinajstić information content (AvgIpc) is 3.03. The number of halogens is 1. The Morgan fingerprint density at radius 2 is 1.96 bits per heavy atom. The van der Waals surface area contributed by atoms with Crippen molar-refractivity contribution in [3.05, 3.63) is 45.9 Å². The van der Waals surface area contributed by atoms with E-state index >= 15 is 0 Å². The molecule has 8 heteroatoms. The number of amides is 1. The summed E-state index contributed by atoms with van der Waals surface area (Å²) in [5.41, 5.74) is 7.56. The number of thiazole rings is 1. The zero-order valence-corrected chi connectivity index (χ0v) is 14.9. The van der Waals surface area contributed by atoms with E-state index in [-0.39, 0.29) is 24.3 Å². The molecule has 1 aromatic heterocycles. The van der Waals surface area contributed by atoms with Crippen LogP contribution in [0.4, 0.5) is 5.69 Å². The minimum absolute atomic E-state index is 0. The first kappa shape index (κ1) is 20.1. The van der Waals surface area contributed by atoms with Crippen molar-refractivity contribution in [2.75, 3.05) is 19.0 Å². The molecule has 130 valence electrons. The molecule has 2 aromatic rings. The minimum atomic E-state index is -0.244. The summed E-state index contributed by atoms with van der Waals surface area (Å²) in [4.78, 5) is 27.5. The Kier molecular flexibility index (Phi) is 8.39. The third-order valence-electron chi connectivity index (χ3n) is 3.20. The third-order valence-corrected chi connectivity index (χ3v) is 4.11. The Bertz CT molecular complexity index is 673. The minimum Gasteiger partial charge on any atom is -0.469 e. The lowest BCUT2D eigenvalue weighted by Gasteiger charge is -2.05. The molecule has 6 nitrogen and oxygen atoms in total. The number of rotatable bonds is 7. The van der Waals surface area contributed by atoms with Crippen LogP contribution < -0.4 is 11.1 Å².